The molecule has 0 spiro atoms. The van der Waals surface area contributed by atoms with Crippen molar-refractivity contribution >= 4 is 11.6 Å². The van der Waals surface area contributed by atoms with Crippen molar-refractivity contribution in [3.63, 3.8) is 0 Å². The van der Waals surface area contributed by atoms with Gasteiger partial charge in [-0.05, 0) is 12.1 Å². The zero-order valence-corrected chi connectivity index (χ0v) is 10.7. The molecule has 5 nitrogen and oxygen atoms in total. The van der Waals surface area contributed by atoms with Crippen LogP contribution in [0.1, 0.15) is 5.69 Å². The van der Waals surface area contributed by atoms with E-state index >= 15 is 0 Å². The number of pyridine rings is 1. The van der Waals surface area contributed by atoms with Crippen LogP contribution in [0.3, 0.4) is 0 Å². The molecule has 2 aromatic rings. The third-order valence-electron chi connectivity index (χ3n) is 2.94. The summed E-state index contributed by atoms with van der Waals surface area (Å²) in [6.07, 6.45) is 4.47. The maximum Gasteiger partial charge on any atom is 0.226 e. The van der Waals surface area contributed by atoms with Crippen molar-refractivity contribution in [2.24, 2.45) is 11.7 Å². The molecule has 0 bridgehead atoms. The quantitative estimate of drug-likeness (QED) is 0.856. The van der Waals surface area contributed by atoms with Gasteiger partial charge in [0.1, 0.15) is 5.65 Å². The lowest BCUT2D eigenvalue weighted by atomic mass is 10.0. The Morgan fingerprint density at radius 3 is 2.89 bits per heavy atom. The van der Waals surface area contributed by atoms with Gasteiger partial charge in [0, 0.05) is 39.5 Å². The van der Waals surface area contributed by atoms with Gasteiger partial charge in [-0.1, -0.05) is 6.07 Å². The summed E-state index contributed by atoms with van der Waals surface area (Å²) in [7, 11) is 3.49. The Labute approximate surface area is 106 Å². The van der Waals surface area contributed by atoms with Crippen LogP contribution in [0.4, 0.5) is 0 Å². The number of fused-ring (bicyclic) bond motifs is 1. The van der Waals surface area contributed by atoms with Gasteiger partial charge in [-0.2, -0.15) is 0 Å². The molecule has 2 N–H and O–H groups in total. The van der Waals surface area contributed by atoms with Gasteiger partial charge in [-0.25, -0.2) is 4.98 Å². The Balaban J connectivity index is 2.19. The molecule has 0 saturated heterocycles. The van der Waals surface area contributed by atoms with Crippen LogP contribution < -0.4 is 5.73 Å². The van der Waals surface area contributed by atoms with Crippen molar-refractivity contribution < 1.29 is 4.79 Å². The highest BCUT2D eigenvalue weighted by Gasteiger charge is 2.20. The zero-order chi connectivity index (χ0) is 13.1. The van der Waals surface area contributed by atoms with Gasteiger partial charge in [-0.15, -0.1) is 0 Å². The predicted octanol–water partition coefficient (Wildman–Crippen LogP) is 0.540. The molecule has 0 aliphatic carbocycles. The normalized spacial score (nSPS) is 12.6. The fourth-order valence-electron chi connectivity index (χ4n) is 1.97. The fraction of sp³-hybridized carbons (Fsp3) is 0.385. The maximum absolute atomic E-state index is 11.9. The molecule has 0 fully saturated rings. The van der Waals surface area contributed by atoms with E-state index in [-0.39, 0.29) is 11.8 Å². The zero-order valence-electron chi connectivity index (χ0n) is 10.7. The van der Waals surface area contributed by atoms with E-state index in [0.717, 1.165) is 11.3 Å². The number of rotatable bonds is 4. The summed E-state index contributed by atoms with van der Waals surface area (Å²) in [5.74, 6) is -0.153. The SMILES string of the molecule is CN(C)C(=O)C(CN)Cc1cn2ccccc2n1. The topological polar surface area (TPSA) is 63.6 Å². The number of imidazole rings is 1. The molecule has 18 heavy (non-hydrogen) atoms. The first-order valence-electron chi connectivity index (χ1n) is 5.95. The average Bonchev–Trinajstić information content (AvgIpc) is 2.77. The van der Waals surface area contributed by atoms with Crippen LogP contribution in [-0.4, -0.2) is 40.8 Å². The van der Waals surface area contributed by atoms with Crippen LogP contribution >= 0.6 is 0 Å². The molecular weight excluding hydrogens is 228 g/mol. The summed E-state index contributed by atoms with van der Waals surface area (Å²) in [4.78, 5) is 18.0. The number of amides is 1. The van der Waals surface area contributed by atoms with Gasteiger partial charge >= 0.3 is 0 Å². The number of carbonyl (C=O) groups is 1. The van der Waals surface area contributed by atoms with E-state index in [1.54, 1.807) is 19.0 Å². The monoisotopic (exact) mass is 246 g/mol. The first-order valence-corrected chi connectivity index (χ1v) is 5.95. The first-order chi connectivity index (χ1) is 8.61. The second kappa shape index (κ2) is 5.18. The van der Waals surface area contributed by atoms with Crippen molar-refractivity contribution in [3.05, 3.63) is 36.3 Å². The molecule has 2 heterocycles. The highest BCUT2D eigenvalue weighted by Crippen LogP contribution is 2.11. The smallest absolute Gasteiger partial charge is 0.226 e. The summed E-state index contributed by atoms with van der Waals surface area (Å²) in [5.41, 5.74) is 7.46. The van der Waals surface area contributed by atoms with E-state index in [1.165, 1.54) is 0 Å². The molecule has 5 heteroatoms. The molecule has 1 amide bonds. The average molecular weight is 246 g/mol. The minimum Gasteiger partial charge on any atom is -0.349 e. The van der Waals surface area contributed by atoms with Crippen LogP contribution in [0.25, 0.3) is 5.65 Å². The second-order valence-electron chi connectivity index (χ2n) is 4.57. The molecule has 2 rings (SSSR count). The molecule has 0 aliphatic heterocycles. The van der Waals surface area contributed by atoms with E-state index < -0.39 is 0 Å². The van der Waals surface area contributed by atoms with Crippen molar-refractivity contribution in [1.82, 2.24) is 14.3 Å². The Morgan fingerprint density at radius 1 is 1.50 bits per heavy atom. The number of hydrogen-bond donors (Lipinski definition) is 1. The molecule has 1 unspecified atom stereocenters. The van der Waals surface area contributed by atoms with Crippen LogP contribution in [0, 0.1) is 5.92 Å². The molecular formula is C13H18N4O. The third-order valence-corrected chi connectivity index (χ3v) is 2.94. The van der Waals surface area contributed by atoms with Crippen molar-refractivity contribution in [3.8, 4) is 0 Å². The van der Waals surface area contributed by atoms with Gasteiger partial charge in [0.2, 0.25) is 5.91 Å². The van der Waals surface area contributed by atoms with Gasteiger partial charge in [-0.3, -0.25) is 4.79 Å². The number of aromatic nitrogens is 2. The third kappa shape index (κ3) is 2.51. The molecule has 0 aliphatic rings. The Bertz CT molecular complexity index is 514. The second-order valence-corrected chi connectivity index (χ2v) is 4.57. The summed E-state index contributed by atoms with van der Waals surface area (Å²) in [6.45, 7) is 0.338. The van der Waals surface area contributed by atoms with Gasteiger partial charge < -0.3 is 15.0 Å². The molecule has 0 aromatic carbocycles. The van der Waals surface area contributed by atoms with Crippen LogP contribution in [0.15, 0.2) is 30.6 Å². The standard InChI is InChI=1S/C13H18N4O/c1-16(2)13(18)10(8-14)7-11-9-17-6-4-3-5-12(17)15-11/h3-6,9-10H,7-8,14H2,1-2H3. The predicted molar refractivity (Wildman–Crippen MR) is 70.1 cm³/mol. The summed E-state index contributed by atoms with van der Waals surface area (Å²) in [5, 5.41) is 0. The van der Waals surface area contributed by atoms with Crippen molar-refractivity contribution in [2.75, 3.05) is 20.6 Å². The molecule has 0 radical (unpaired) electrons. The maximum atomic E-state index is 11.9. The van der Waals surface area contributed by atoms with E-state index in [9.17, 15) is 4.79 Å². The highest BCUT2D eigenvalue weighted by atomic mass is 16.2. The number of nitrogens with two attached hydrogens (primary N) is 1. The summed E-state index contributed by atoms with van der Waals surface area (Å²) < 4.78 is 1.95. The van der Waals surface area contributed by atoms with Crippen molar-refractivity contribution in [1.29, 1.82) is 0 Å². The minimum absolute atomic E-state index is 0.0505. The van der Waals surface area contributed by atoms with E-state index in [0.29, 0.717) is 13.0 Å². The lowest BCUT2D eigenvalue weighted by molar-refractivity contribution is -0.132. The summed E-state index contributed by atoms with van der Waals surface area (Å²) in [6, 6.07) is 5.83. The first kappa shape index (κ1) is 12.6. The molecule has 2 aromatic heterocycles. The van der Waals surface area contributed by atoms with E-state index in [1.807, 2.05) is 35.0 Å². The number of hydrogen-bond acceptors (Lipinski definition) is 3. The van der Waals surface area contributed by atoms with E-state index in [2.05, 4.69) is 4.98 Å². The molecule has 1 atom stereocenters. The van der Waals surface area contributed by atoms with Gasteiger partial charge in [0.15, 0.2) is 0 Å². The van der Waals surface area contributed by atoms with Gasteiger partial charge in [0.25, 0.3) is 0 Å². The molecule has 96 valence electrons. The van der Waals surface area contributed by atoms with E-state index in [4.69, 9.17) is 5.73 Å². The lowest BCUT2D eigenvalue weighted by Gasteiger charge is -2.17. The lowest BCUT2D eigenvalue weighted by Crippen LogP contribution is -2.35. The van der Waals surface area contributed by atoms with Crippen molar-refractivity contribution in [2.45, 2.75) is 6.42 Å². The van der Waals surface area contributed by atoms with Gasteiger partial charge in [0.05, 0.1) is 11.6 Å². The van der Waals surface area contributed by atoms with Crippen LogP contribution in [-0.2, 0) is 11.2 Å². The Kier molecular flexibility index (Phi) is 3.62. The fourth-order valence-corrected chi connectivity index (χ4v) is 1.97. The largest absolute Gasteiger partial charge is 0.349 e. The number of carbonyl (C=O) groups excluding carboxylic acids is 1. The number of nitrogens with zero attached hydrogens (tertiary/aromatic N) is 3. The minimum atomic E-state index is -0.204. The molecule has 0 saturated carbocycles. The summed E-state index contributed by atoms with van der Waals surface area (Å²) >= 11 is 0. The van der Waals surface area contributed by atoms with Crippen LogP contribution in [0.2, 0.25) is 0 Å². The Morgan fingerprint density at radius 2 is 2.28 bits per heavy atom. The highest BCUT2D eigenvalue weighted by molar-refractivity contribution is 5.78. The Hall–Kier alpha value is -1.88. The van der Waals surface area contributed by atoms with Crippen LogP contribution in [0.5, 0.6) is 0 Å².